The van der Waals surface area contributed by atoms with Crippen molar-refractivity contribution in [1.82, 2.24) is 24.6 Å². The summed E-state index contributed by atoms with van der Waals surface area (Å²) >= 11 is 0. The average molecular weight is 333 g/mol. The van der Waals surface area contributed by atoms with Crippen LogP contribution in [0.5, 0.6) is 0 Å². The summed E-state index contributed by atoms with van der Waals surface area (Å²) in [5.41, 5.74) is 0. The molecule has 3 aliphatic heterocycles. The lowest BCUT2D eigenvalue weighted by atomic mass is 9.94. The summed E-state index contributed by atoms with van der Waals surface area (Å²) in [5, 5.41) is 9.12. The molecule has 0 spiro atoms. The fourth-order valence-electron chi connectivity index (χ4n) is 4.61. The third-order valence-electron chi connectivity index (χ3n) is 6.09. The molecule has 1 atom stereocenters. The normalized spacial score (nSPS) is 27.8. The Hall–Kier alpha value is -0.980. The van der Waals surface area contributed by atoms with Crippen LogP contribution >= 0.6 is 0 Å². The monoisotopic (exact) mass is 333 g/mol. The van der Waals surface area contributed by atoms with Crippen LogP contribution in [0.1, 0.15) is 56.1 Å². The first kappa shape index (κ1) is 16.5. The number of piperidine rings is 1. The van der Waals surface area contributed by atoms with Gasteiger partial charge in [0.25, 0.3) is 0 Å². The van der Waals surface area contributed by atoms with Crippen molar-refractivity contribution >= 4 is 0 Å². The molecule has 0 unspecified atom stereocenters. The van der Waals surface area contributed by atoms with Crippen molar-refractivity contribution < 1.29 is 4.74 Å². The minimum atomic E-state index is 0.534. The zero-order chi connectivity index (χ0) is 16.4. The molecule has 0 aromatic carbocycles. The lowest BCUT2D eigenvalue weighted by Crippen LogP contribution is -2.45. The smallest absolute Gasteiger partial charge is 0.146 e. The van der Waals surface area contributed by atoms with Gasteiger partial charge in [0.2, 0.25) is 0 Å². The third kappa shape index (κ3) is 3.51. The van der Waals surface area contributed by atoms with Gasteiger partial charge in [-0.25, -0.2) is 0 Å². The first-order valence-corrected chi connectivity index (χ1v) is 9.73. The van der Waals surface area contributed by atoms with Gasteiger partial charge in [-0.05, 0) is 58.2 Å². The number of hydrogen-bond donors (Lipinski definition) is 0. The zero-order valence-electron chi connectivity index (χ0n) is 15.0. The zero-order valence-corrected chi connectivity index (χ0v) is 15.0. The van der Waals surface area contributed by atoms with E-state index in [9.17, 15) is 0 Å². The van der Waals surface area contributed by atoms with Crippen LogP contribution in [0.4, 0.5) is 0 Å². The molecule has 3 aliphatic rings. The maximum Gasteiger partial charge on any atom is 0.146 e. The fourth-order valence-corrected chi connectivity index (χ4v) is 4.61. The second kappa shape index (κ2) is 7.50. The van der Waals surface area contributed by atoms with Crippen LogP contribution in [0.2, 0.25) is 0 Å². The molecule has 3 fully saturated rings. The first-order valence-electron chi connectivity index (χ1n) is 9.73. The topological polar surface area (TPSA) is 46.4 Å². The molecule has 0 saturated carbocycles. The second-order valence-corrected chi connectivity index (χ2v) is 7.69. The highest BCUT2D eigenvalue weighted by atomic mass is 16.5. The van der Waals surface area contributed by atoms with Crippen molar-refractivity contribution in [2.45, 2.75) is 57.0 Å². The number of rotatable bonds is 4. The quantitative estimate of drug-likeness (QED) is 0.840. The molecule has 4 heterocycles. The van der Waals surface area contributed by atoms with E-state index in [1.807, 2.05) is 0 Å². The van der Waals surface area contributed by atoms with E-state index in [1.54, 1.807) is 0 Å². The van der Waals surface area contributed by atoms with Gasteiger partial charge in [-0.15, -0.1) is 10.2 Å². The molecule has 134 valence electrons. The molecule has 0 bridgehead atoms. The highest BCUT2D eigenvalue weighted by Crippen LogP contribution is 2.29. The molecule has 0 amide bonds. The number of hydrogen-bond acceptors (Lipinski definition) is 5. The molecule has 0 aliphatic carbocycles. The minimum absolute atomic E-state index is 0.534. The molecule has 1 aromatic rings. The maximum absolute atomic E-state index is 5.53. The molecule has 0 radical (unpaired) electrons. The Kier molecular flexibility index (Phi) is 5.15. The van der Waals surface area contributed by atoms with E-state index in [0.717, 1.165) is 32.1 Å². The van der Waals surface area contributed by atoms with Crippen LogP contribution in [0.3, 0.4) is 0 Å². The highest BCUT2D eigenvalue weighted by Gasteiger charge is 2.30. The Labute approximate surface area is 145 Å². The first-order chi connectivity index (χ1) is 11.8. The van der Waals surface area contributed by atoms with E-state index in [-0.39, 0.29) is 0 Å². The van der Waals surface area contributed by atoms with Crippen molar-refractivity contribution in [3.8, 4) is 0 Å². The van der Waals surface area contributed by atoms with Crippen LogP contribution in [0.25, 0.3) is 0 Å². The van der Waals surface area contributed by atoms with Gasteiger partial charge in [0.15, 0.2) is 0 Å². The Balaban J connectivity index is 1.41. The van der Waals surface area contributed by atoms with Gasteiger partial charge < -0.3 is 9.30 Å². The largest absolute Gasteiger partial charge is 0.381 e. The SMILES string of the molecule is Cn1c(CN2CCCC2)nnc1[C@H]1CCCN(C2CCOCC2)C1. The van der Waals surface area contributed by atoms with Crippen LogP contribution in [0.15, 0.2) is 0 Å². The summed E-state index contributed by atoms with van der Waals surface area (Å²) in [6.45, 7) is 7.61. The lowest BCUT2D eigenvalue weighted by molar-refractivity contribution is 0.0233. The number of likely N-dealkylation sites (tertiary alicyclic amines) is 2. The molecule has 6 nitrogen and oxygen atoms in total. The van der Waals surface area contributed by atoms with Gasteiger partial charge in [0.1, 0.15) is 11.6 Å². The Morgan fingerprint density at radius 1 is 1.00 bits per heavy atom. The molecule has 4 rings (SSSR count). The van der Waals surface area contributed by atoms with E-state index in [0.29, 0.717) is 12.0 Å². The molecular formula is C18H31N5O. The van der Waals surface area contributed by atoms with Gasteiger partial charge in [0, 0.05) is 38.8 Å². The predicted octanol–water partition coefficient (Wildman–Crippen LogP) is 1.77. The van der Waals surface area contributed by atoms with E-state index < -0.39 is 0 Å². The predicted molar refractivity (Wildman–Crippen MR) is 92.9 cm³/mol. The molecule has 24 heavy (non-hydrogen) atoms. The average Bonchev–Trinajstić information content (AvgIpc) is 3.27. The van der Waals surface area contributed by atoms with Gasteiger partial charge >= 0.3 is 0 Å². The standard InChI is InChI=1S/C18H31N5O/c1-21-17(14-22-8-2-3-9-22)19-20-18(21)15-5-4-10-23(13-15)16-6-11-24-12-7-16/h15-16H,2-14H2,1H3/t15-/m0/s1. The Morgan fingerprint density at radius 2 is 1.79 bits per heavy atom. The molecule has 3 saturated heterocycles. The molecular weight excluding hydrogens is 302 g/mol. The van der Waals surface area contributed by atoms with E-state index >= 15 is 0 Å². The second-order valence-electron chi connectivity index (χ2n) is 7.69. The van der Waals surface area contributed by atoms with E-state index in [2.05, 4.69) is 31.6 Å². The number of aromatic nitrogens is 3. The maximum atomic E-state index is 5.53. The van der Waals surface area contributed by atoms with Crippen LogP contribution in [0, 0.1) is 0 Å². The minimum Gasteiger partial charge on any atom is -0.381 e. The van der Waals surface area contributed by atoms with Gasteiger partial charge in [0.05, 0.1) is 6.54 Å². The van der Waals surface area contributed by atoms with E-state index in [4.69, 9.17) is 4.74 Å². The molecule has 0 N–H and O–H groups in total. The highest BCUT2D eigenvalue weighted by molar-refractivity contribution is 5.04. The Morgan fingerprint density at radius 3 is 2.58 bits per heavy atom. The summed E-state index contributed by atoms with van der Waals surface area (Å²) in [5.74, 6) is 2.86. The van der Waals surface area contributed by atoms with Gasteiger partial charge in [-0.2, -0.15) is 0 Å². The van der Waals surface area contributed by atoms with E-state index in [1.165, 1.54) is 64.0 Å². The summed E-state index contributed by atoms with van der Waals surface area (Å²) in [7, 11) is 2.16. The fraction of sp³-hybridized carbons (Fsp3) is 0.889. The number of ether oxygens (including phenoxy) is 1. The molecule has 6 heteroatoms. The van der Waals surface area contributed by atoms with Crippen LogP contribution in [-0.2, 0) is 18.3 Å². The summed E-state index contributed by atoms with van der Waals surface area (Å²) in [6, 6.07) is 0.707. The van der Waals surface area contributed by atoms with Crippen LogP contribution < -0.4 is 0 Å². The summed E-state index contributed by atoms with van der Waals surface area (Å²) < 4.78 is 7.80. The van der Waals surface area contributed by atoms with Crippen molar-refractivity contribution in [2.75, 3.05) is 39.4 Å². The molecule has 1 aromatic heterocycles. The van der Waals surface area contributed by atoms with Crippen molar-refractivity contribution in [1.29, 1.82) is 0 Å². The van der Waals surface area contributed by atoms with Gasteiger partial charge in [-0.3, -0.25) is 9.80 Å². The lowest BCUT2D eigenvalue weighted by Gasteiger charge is -2.39. The van der Waals surface area contributed by atoms with Crippen molar-refractivity contribution in [3.63, 3.8) is 0 Å². The van der Waals surface area contributed by atoms with Crippen molar-refractivity contribution in [2.24, 2.45) is 7.05 Å². The van der Waals surface area contributed by atoms with Gasteiger partial charge in [-0.1, -0.05) is 0 Å². The Bertz CT molecular complexity index is 534. The van der Waals surface area contributed by atoms with Crippen molar-refractivity contribution in [3.05, 3.63) is 11.6 Å². The summed E-state index contributed by atoms with van der Waals surface area (Å²) in [4.78, 5) is 5.19. The number of nitrogens with zero attached hydrogens (tertiary/aromatic N) is 5. The van der Waals surface area contributed by atoms with Crippen LogP contribution in [-0.4, -0.2) is 70.0 Å². The summed E-state index contributed by atoms with van der Waals surface area (Å²) in [6.07, 6.45) is 7.55. The third-order valence-corrected chi connectivity index (χ3v) is 6.09.